The zero-order valence-corrected chi connectivity index (χ0v) is 24.5. The van der Waals surface area contributed by atoms with Gasteiger partial charge >= 0.3 is 0 Å². The third-order valence-electron chi connectivity index (χ3n) is 9.21. The van der Waals surface area contributed by atoms with Gasteiger partial charge in [0.2, 0.25) is 0 Å². The van der Waals surface area contributed by atoms with Gasteiger partial charge in [-0.25, -0.2) is 0 Å². The van der Waals surface area contributed by atoms with Gasteiger partial charge in [0, 0.05) is 5.41 Å². The summed E-state index contributed by atoms with van der Waals surface area (Å²) in [4.78, 5) is 0. The van der Waals surface area contributed by atoms with Crippen molar-refractivity contribution in [1.29, 1.82) is 0 Å². The highest BCUT2D eigenvalue weighted by Gasteiger charge is 2.30. The van der Waals surface area contributed by atoms with E-state index in [2.05, 4.69) is 106 Å². The number of allylic oxidation sites excluding steroid dienone is 7. The Hall–Kier alpha value is -1.30. The van der Waals surface area contributed by atoms with E-state index in [0.717, 1.165) is 12.3 Å². The quantitative estimate of drug-likeness (QED) is 0.210. The van der Waals surface area contributed by atoms with E-state index in [1.807, 2.05) is 0 Å². The normalized spacial score (nSPS) is 23.4. The molecule has 6 atom stereocenters. The van der Waals surface area contributed by atoms with Crippen molar-refractivity contribution < 1.29 is 0 Å². The lowest BCUT2D eigenvalue weighted by Gasteiger charge is -2.36. The molecule has 0 nitrogen and oxygen atoms in total. The molecule has 0 spiro atoms. The maximum atomic E-state index is 4.39. The average Bonchev–Trinajstić information content (AvgIpc) is 2.79. The molecule has 194 valence electrons. The Balaban J connectivity index is 2.54. The van der Waals surface area contributed by atoms with Crippen LogP contribution in [0.4, 0.5) is 0 Å². The van der Waals surface area contributed by atoms with E-state index in [1.165, 1.54) is 56.1 Å². The summed E-state index contributed by atoms with van der Waals surface area (Å²) in [6.07, 6.45) is 19.4. The minimum Gasteiger partial charge on any atom is -0.102 e. The highest BCUT2D eigenvalue weighted by molar-refractivity contribution is 5.16. The van der Waals surface area contributed by atoms with E-state index in [1.54, 1.807) is 5.57 Å². The summed E-state index contributed by atoms with van der Waals surface area (Å²) in [5.41, 5.74) is 4.79. The summed E-state index contributed by atoms with van der Waals surface area (Å²) < 4.78 is 0. The van der Waals surface area contributed by atoms with Gasteiger partial charge in [0.25, 0.3) is 0 Å². The summed E-state index contributed by atoms with van der Waals surface area (Å²) in [5.74, 6) is 3.22. The van der Waals surface area contributed by atoms with Crippen LogP contribution >= 0.6 is 0 Å². The molecule has 0 radical (unpaired) electrons. The molecule has 0 N–H and O–H groups in total. The van der Waals surface area contributed by atoms with Crippen LogP contribution in [0, 0.1) is 40.4 Å². The zero-order valence-electron chi connectivity index (χ0n) is 24.5. The lowest BCUT2D eigenvalue weighted by atomic mass is 9.69. The smallest absolute Gasteiger partial charge is 0.00303 e. The van der Waals surface area contributed by atoms with Gasteiger partial charge in [0.05, 0.1) is 0 Å². The summed E-state index contributed by atoms with van der Waals surface area (Å²) >= 11 is 0. The van der Waals surface area contributed by atoms with Crippen molar-refractivity contribution in [1.82, 2.24) is 0 Å². The number of rotatable bonds is 15. The molecular formula is C34H58. The maximum Gasteiger partial charge on any atom is 0.00303 e. The predicted octanol–water partition coefficient (Wildman–Crippen LogP) is 11.1. The van der Waals surface area contributed by atoms with Crippen LogP contribution < -0.4 is 0 Å². The van der Waals surface area contributed by atoms with Gasteiger partial charge in [-0.1, -0.05) is 110 Å². The van der Waals surface area contributed by atoms with Gasteiger partial charge < -0.3 is 0 Å². The first kappa shape index (κ1) is 30.7. The molecule has 0 aromatic rings. The second-order valence-electron chi connectivity index (χ2n) is 12.9. The second kappa shape index (κ2) is 13.7. The molecule has 6 unspecified atom stereocenters. The van der Waals surface area contributed by atoms with Gasteiger partial charge in [0.15, 0.2) is 0 Å². The van der Waals surface area contributed by atoms with E-state index in [4.69, 9.17) is 0 Å². The molecule has 0 aromatic carbocycles. The van der Waals surface area contributed by atoms with E-state index in [-0.39, 0.29) is 5.41 Å². The molecule has 0 saturated carbocycles. The van der Waals surface area contributed by atoms with Crippen molar-refractivity contribution in [3.8, 4) is 0 Å². The van der Waals surface area contributed by atoms with E-state index < -0.39 is 0 Å². The molecule has 34 heavy (non-hydrogen) atoms. The van der Waals surface area contributed by atoms with Crippen LogP contribution in [0.2, 0.25) is 0 Å². The molecule has 0 bridgehead atoms. The molecule has 0 heterocycles. The average molecular weight is 467 g/mol. The Morgan fingerprint density at radius 3 is 2.29 bits per heavy atom. The van der Waals surface area contributed by atoms with E-state index in [0.29, 0.717) is 29.1 Å². The first-order valence-electron chi connectivity index (χ1n) is 14.1. The van der Waals surface area contributed by atoms with Crippen LogP contribution in [-0.2, 0) is 0 Å². The minimum absolute atomic E-state index is 0.0778. The van der Waals surface area contributed by atoms with E-state index in [9.17, 15) is 0 Å². The third kappa shape index (κ3) is 10.1. The van der Waals surface area contributed by atoms with Crippen molar-refractivity contribution in [3.05, 3.63) is 60.8 Å². The molecule has 1 aliphatic rings. The Kier molecular flexibility index (Phi) is 12.4. The number of hydrogen-bond acceptors (Lipinski definition) is 0. The summed E-state index contributed by atoms with van der Waals surface area (Å²) in [6.45, 7) is 33.8. The summed E-state index contributed by atoms with van der Waals surface area (Å²) in [7, 11) is 0. The molecule has 1 aliphatic carbocycles. The molecule has 0 heteroatoms. The standard InChI is InChI=1S/C34H58/c1-13-34(12,23-21-30(8)32-19-18-31(9)33(10,11)24-32)22-20-26(4)14-15-28(6)29(7)17-16-27(5)25(2)3/h13,20,22,24,26-28,30-31H,1-2,7,14-19,21,23H2,3-6,8-12H3. The number of hydrogen-bond donors (Lipinski definition) is 0. The van der Waals surface area contributed by atoms with Crippen molar-refractivity contribution in [2.24, 2.45) is 40.4 Å². The highest BCUT2D eigenvalue weighted by Crippen LogP contribution is 2.42. The molecule has 0 aliphatic heterocycles. The highest BCUT2D eigenvalue weighted by atomic mass is 14.3. The van der Waals surface area contributed by atoms with Gasteiger partial charge in [-0.15, -0.1) is 6.58 Å². The van der Waals surface area contributed by atoms with Crippen molar-refractivity contribution in [2.75, 3.05) is 0 Å². The van der Waals surface area contributed by atoms with Gasteiger partial charge in [-0.05, 0) is 93.3 Å². The van der Waals surface area contributed by atoms with Gasteiger partial charge in [0.1, 0.15) is 0 Å². The van der Waals surface area contributed by atoms with Crippen LogP contribution in [0.3, 0.4) is 0 Å². The topological polar surface area (TPSA) is 0 Å². The molecular weight excluding hydrogens is 408 g/mol. The zero-order chi connectivity index (χ0) is 26.1. The van der Waals surface area contributed by atoms with Crippen LogP contribution in [0.5, 0.6) is 0 Å². The first-order valence-corrected chi connectivity index (χ1v) is 14.1. The first-order chi connectivity index (χ1) is 15.7. The van der Waals surface area contributed by atoms with Crippen LogP contribution in [0.1, 0.15) is 114 Å². The summed E-state index contributed by atoms with van der Waals surface area (Å²) in [5, 5.41) is 0. The molecule has 0 saturated heterocycles. The fourth-order valence-electron chi connectivity index (χ4n) is 4.89. The molecule has 0 aromatic heterocycles. The van der Waals surface area contributed by atoms with Crippen molar-refractivity contribution in [3.63, 3.8) is 0 Å². The van der Waals surface area contributed by atoms with Crippen molar-refractivity contribution >= 4 is 0 Å². The molecule has 0 amide bonds. The SMILES string of the molecule is C=CC(C)(C=CC(C)CCC(C)C(=C)CCC(C)C(=C)C)CCC(C)C1=CC(C)(C)C(C)CC1. The monoisotopic (exact) mass is 466 g/mol. The molecule has 1 rings (SSSR count). The Bertz CT molecular complexity index is 729. The second-order valence-corrected chi connectivity index (χ2v) is 12.9. The third-order valence-corrected chi connectivity index (χ3v) is 9.21. The van der Waals surface area contributed by atoms with E-state index >= 15 is 0 Å². The fourth-order valence-corrected chi connectivity index (χ4v) is 4.89. The fraction of sp³-hybridized carbons (Fsp3) is 0.706. The summed E-state index contributed by atoms with van der Waals surface area (Å²) in [6, 6.07) is 0. The van der Waals surface area contributed by atoms with Crippen LogP contribution in [-0.4, -0.2) is 0 Å². The lowest BCUT2D eigenvalue weighted by molar-refractivity contribution is 0.261. The Morgan fingerprint density at radius 1 is 1.09 bits per heavy atom. The minimum atomic E-state index is 0.0778. The Labute approximate surface area is 214 Å². The van der Waals surface area contributed by atoms with Gasteiger partial charge in [-0.2, -0.15) is 0 Å². The van der Waals surface area contributed by atoms with Crippen LogP contribution in [0.25, 0.3) is 0 Å². The lowest BCUT2D eigenvalue weighted by Crippen LogP contribution is -2.25. The maximum absolute atomic E-state index is 4.39. The predicted molar refractivity (Wildman–Crippen MR) is 156 cm³/mol. The largest absolute Gasteiger partial charge is 0.102 e. The van der Waals surface area contributed by atoms with Crippen LogP contribution in [0.15, 0.2) is 60.8 Å². The Morgan fingerprint density at radius 2 is 1.74 bits per heavy atom. The van der Waals surface area contributed by atoms with Crippen molar-refractivity contribution in [2.45, 2.75) is 114 Å². The molecule has 0 fully saturated rings. The van der Waals surface area contributed by atoms with Gasteiger partial charge in [-0.3, -0.25) is 0 Å².